The van der Waals surface area contributed by atoms with Crippen LogP contribution >= 0.6 is 11.8 Å². The summed E-state index contributed by atoms with van der Waals surface area (Å²) >= 11 is -0.152. The molecular formula is C15H18F4N2OS. The van der Waals surface area contributed by atoms with Gasteiger partial charge in [0.2, 0.25) is 0 Å². The van der Waals surface area contributed by atoms with E-state index in [0.717, 1.165) is 18.4 Å². The van der Waals surface area contributed by atoms with E-state index < -0.39 is 5.51 Å². The van der Waals surface area contributed by atoms with Crippen LogP contribution in [0.5, 0.6) is 0 Å². The topological polar surface area (TPSA) is 32.3 Å². The standard InChI is InChI=1S/C15H18F4N2OS/c16-12-4-1-3-11(9-12)10-13-5-2-7-21(13)14(22)20-6-8-23-15(17,18)19/h1,3-4,9,13H,2,5-8,10H2,(H,20,22)/t13-/m0/s1. The maximum Gasteiger partial charge on any atom is 0.441 e. The Balaban J connectivity index is 1.82. The van der Waals surface area contributed by atoms with Gasteiger partial charge in [-0.2, -0.15) is 13.2 Å². The number of rotatable bonds is 5. The van der Waals surface area contributed by atoms with E-state index in [-0.39, 0.29) is 41.9 Å². The minimum absolute atomic E-state index is 0.0355. The lowest BCUT2D eigenvalue weighted by Gasteiger charge is -2.25. The first-order valence-electron chi connectivity index (χ1n) is 7.35. The molecule has 0 unspecified atom stereocenters. The van der Waals surface area contributed by atoms with Gasteiger partial charge >= 0.3 is 11.5 Å². The van der Waals surface area contributed by atoms with Crippen LogP contribution in [0.15, 0.2) is 24.3 Å². The Bertz CT molecular complexity index is 538. The lowest BCUT2D eigenvalue weighted by atomic mass is 10.0. The number of nitrogens with one attached hydrogen (secondary N) is 1. The van der Waals surface area contributed by atoms with Crippen LogP contribution in [0.2, 0.25) is 0 Å². The molecule has 1 aliphatic rings. The minimum Gasteiger partial charge on any atom is -0.337 e. The Morgan fingerprint density at radius 3 is 2.87 bits per heavy atom. The van der Waals surface area contributed by atoms with Crippen molar-refractivity contribution in [2.24, 2.45) is 0 Å². The highest BCUT2D eigenvalue weighted by Crippen LogP contribution is 2.29. The third kappa shape index (κ3) is 5.93. The van der Waals surface area contributed by atoms with Crippen molar-refractivity contribution in [3.05, 3.63) is 35.6 Å². The monoisotopic (exact) mass is 350 g/mol. The summed E-state index contributed by atoms with van der Waals surface area (Å²) in [6.07, 6.45) is 2.19. The lowest BCUT2D eigenvalue weighted by Crippen LogP contribution is -2.44. The Labute approximate surface area is 136 Å². The fourth-order valence-electron chi connectivity index (χ4n) is 2.68. The van der Waals surface area contributed by atoms with Crippen molar-refractivity contribution >= 4 is 17.8 Å². The van der Waals surface area contributed by atoms with Gasteiger partial charge in [0.15, 0.2) is 0 Å². The van der Waals surface area contributed by atoms with Crippen LogP contribution in [0.1, 0.15) is 18.4 Å². The molecule has 0 aliphatic carbocycles. The van der Waals surface area contributed by atoms with Crippen molar-refractivity contribution in [1.82, 2.24) is 10.2 Å². The molecule has 0 aromatic heterocycles. The van der Waals surface area contributed by atoms with Crippen molar-refractivity contribution in [3.63, 3.8) is 0 Å². The van der Waals surface area contributed by atoms with Gasteiger partial charge < -0.3 is 10.2 Å². The Morgan fingerprint density at radius 1 is 1.39 bits per heavy atom. The molecule has 3 nitrogen and oxygen atoms in total. The molecule has 1 aromatic rings. The molecule has 1 saturated heterocycles. The summed E-state index contributed by atoms with van der Waals surface area (Å²) in [5.41, 5.74) is -3.47. The summed E-state index contributed by atoms with van der Waals surface area (Å²) in [5, 5.41) is 2.52. The zero-order valence-corrected chi connectivity index (χ0v) is 13.2. The molecule has 1 atom stereocenters. The van der Waals surface area contributed by atoms with Crippen LogP contribution in [-0.4, -0.2) is 41.3 Å². The lowest BCUT2D eigenvalue weighted by molar-refractivity contribution is -0.0327. The Kier molecular flexibility index (Phi) is 6.15. The summed E-state index contributed by atoms with van der Waals surface area (Å²) in [5.74, 6) is -0.529. The number of carbonyl (C=O) groups is 1. The molecule has 1 aromatic carbocycles. The first-order chi connectivity index (χ1) is 10.8. The van der Waals surface area contributed by atoms with Gasteiger partial charge in [-0.3, -0.25) is 0 Å². The first kappa shape index (κ1) is 17.9. The molecule has 1 heterocycles. The largest absolute Gasteiger partial charge is 0.441 e. The average Bonchev–Trinajstić information content (AvgIpc) is 2.90. The van der Waals surface area contributed by atoms with E-state index in [9.17, 15) is 22.4 Å². The number of nitrogens with zero attached hydrogens (tertiary/aromatic N) is 1. The fourth-order valence-corrected chi connectivity index (χ4v) is 3.11. The minimum atomic E-state index is -4.28. The molecular weight excluding hydrogens is 332 g/mol. The number of amides is 2. The van der Waals surface area contributed by atoms with E-state index in [1.54, 1.807) is 17.0 Å². The van der Waals surface area contributed by atoms with Gasteiger partial charge in [0, 0.05) is 24.9 Å². The molecule has 1 aliphatic heterocycles. The van der Waals surface area contributed by atoms with Gasteiger partial charge in [0.05, 0.1) is 0 Å². The average molecular weight is 350 g/mol. The molecule has 2 rings (SSSR count). The van der Waals surface area contributed by atoms with Crippen LogP contribution in [0.4, 0.5) is 22.4 Å². The number of hydrogen-bond acceptors (Lipinski definition) is 2. The van der Waals surface area contributed by atoms with E-state index in [1.165, 1.54) is 12.1 Å². The smallest absolute Gasteiger partial charge is 0.337 e. The van der Waals surface area contributed by atoms with Crippen molar-refractivity contribution in [3.8, 4) is 0 Å². The van der Waals surface area contributed by atoms with Gasteiger partial charge in [-0.15, -0.1) is 0 Å². The van der Waals surface area contributed by atoms with E-state index in [4.69, 9.17) is 0 Å². The molecule has 0 bridgehead atoms. The van der Waals surface area contributed by atoms with Crippen molar-refractivity contribution in [2.45, 2.75) is 30.8 Å². The van der Waals surface area contributed by atoms with E-state index >= 15 is 0 Å². The summed E-state index contributed by atoms with van der Waals surface area (Å²) in [7, 11) is 0. The summed E-state index contributed by atoms with van der Waals surface area (Å²) in [6.45, 7) is 0.532. The number of halogens is 4. The van der Waals surface area contributed by atoms with Crippen molar-refractivity contribution in [2.75, 3.05) is 18.8 Å². The third-order valence-corrected chi connectivity index (χ3v) is 4.38. The third-order valence-electron chi connectivity index (χ3n) is 3.64. The number of alkyl halides is 3. The van der Waals surface area contributed by atoms with E-state index in [2.05, 4.69) is 5.32 Å². The van der Waals surface area contributed by atoms with Crippen LogP contribution < -0.4 is 5.32 Å². The van der Waals surface area contributed by atoms with Gasteiger partial charge in [0.25, 0.3) is 0 Å². The second-order valence-electron chi connectivity index (χ2n) is 5.35. The first-order valence-corrected chi connectivity index (χ1v) is 8.33. The highest BCUT2D eigenvalue weighted by Gasteiger charge is 2.30. The molecule has 1 N–H and O–H groups in total. The quantitative estimate of drug-likeness (QED) is 0.647. The van der Waals surface area contributed by atoms with E-state index in [1.807, 2.05) is 0 Å². The predicted molar refractivity (Wildman–Crippen MR) is 81.7 cm³/mol. The van der Waals surface area contributed by atoms with Crippen LogP contribution in [0.3, 0.4) is 0 Å². The molecule has 0 radical (unpaired) electrons. The number of likely N-dealkylation sites (tertiary alicyclic amines) is 1. The van der Waals surface area contributed by atoms with Crippen LogP contribution in [-0.2, 0) is 6.42 Å². The van der Waals surface area contributed by atoms with Crippen LogP contribution in [0, 0.1) is 5.82 Å². The molecule has 8 heteroatoms. The highest BCUT2D eigenvalue weighted by molar-refractivity contribution is 8.00. The number of hydrogen-bond donors (Lipinski definition) is 1. The molecule has 128 valence electrons. The zero-order valence-electron chi connectivity index (χ0n) is 12.4. The second kappa shape index (κ2) is 7.90. The Morgan fingerprint density at radius 2 is 2.17 bits per heavy atom. The van der Waals surface area contributed by atoms with Crippen LogP contribution in [0.25, 0.3) is 0 Å². The predicted octanol–water partition coefficient (Wildman–Crippen LogP) is 3.80. The summed E-state index contributed by atoms with van der Waals surface area (Å²) in [4.78, 5) is 13.7. The summed E-state index contributed by atoms with van der Waals surface area (Å²) < 4.78 is 49.3. The normalized spacial score (nSPS) is 18.3. The van der Waals surface area contributed by atoms with Gasteiger partial charge in [-0.1, -0.05) is 12.1 Å². The summed E-state index contributed by atoms with van der Waals surface area (Å²) in [6, 6.07) is 5.82. The second-order valence-corrected chi connectivity index (χ2v) is 6.51. The number of carbonyl (C=O) groups excluding carboxylic acids is 1. The number of urea groups is 1. The van der Waals surface area contributed by atoms with Gasteiger partial charge in [-0.25, -0.2) is 9.18 Å². The molecule has 1 fully saturated rings. The number of benzene rings is 1. The number of thioether (sulfide) groups is 1. The highest BCUT2D eigenvalue weighted by atomic mass is 32.2. The molecule has 0 spiro atoms. The molecule has 2 amide bonds. The van der Waals surface area contributed by atoms with Gasteiger partial charge in [0.1, 0.15) is 5.82 Å². The maximum atomic E-state index is 13.2. The zero-order chi connectivity index (χ0) is 16.9. The van der Waals surface area contributed by atoms with Gasteiger partial charge in [-0.05, 0) is 48.7 Å². The van der Waals surface area contributed by atoms with Crippen molar-refractivity contribution < 1.29 is 22.4 Å². The Hall–Kier alpha value is -1.44. The maximum absolute atomic E-state index is 13.2. The SMILES string of the molecule is O=C(NCCSC(F)(F)F)N1CCC[C@H]1Cc1cccc(F)c1. The van der Waals surface area contributed by atoms with Crippen molar-refractivity contribution in [1.29, 1.82) is 0 Å². The molecule has 0 saturated carbocycles. The molecule has 23 heavy (non-hydrogen) atoms. The van der Waals surface area contributed by atoms with E-state index in [0.29, 0.717) is 13.0 Å². The fraction of sp³-hybridized carbons (Fsp3) is 0.533.